The first kappa shape index (κ1) is 16.1. The van der Waals surface area contributed by atoms with Crippen LogP contribution in [-0.4, -0.2) is 41.0 Å². The van der Waals surface area contributed by atoms with Gasteiger partial charge in [-0.15, -0.1) is 0 Å². The number of benzene rings is 1. The van der Waals surface area contributed by atoms with Crippen LogP contribution in [0.15, 0.2) is 23.1 Å². The Bertz CT molecular complexity index is 713. The van der Waals surface area contributed by atoms with Gasteiger partial charge in [0.05, 0.1) is 10.5 Å². The van der Waals surface area contributed by atoms with Crippen molar-refractivity contribution in [3.05, 3.63) is 29.6 Å². The summed E-state index contributed by atoms with van der Waals surface area (Å²) in [7, 11) is -4.84. The Kier molecular flexibility index (Phi) is 4.76. The predicted octanol–water partition coefficient (Wildman–Crippen LogP) is 1.23. The number of hydrogen-bond donors (Lipinski definition) is 0. The summed E-state index contributed by atoms with van der Waals surface area (Å²) in [4.78, 5) is -0.111. The summed E-state index contributed by atoms with van der Waals surface area (Å²) in [6.07, 6.45) is 0.512. The Morgan fingerprint density at radius 1 is 1.43 bits per heavy atom. The second-order valence-corrected chi connectivity index (χ2v) is 8.44. The number of nitrogens with zero attached hydrogens (tertiary/aromatic N) is 2. The van der Waals surface area contributed by atoms with E-state index in [1.54, 1.807) is 13.0 Å². The Balaban J connectivity index is 2.41. The summed E-state index contributed by atoms with van der Waals surface area (Å²) in [6, 6.07) is 4.53. The molecule has 8 heteroatoms. The van der Waals surface area contributed by atoms with Crippen molar-refractivity contribution in [1.29, 1.82) is 5.26 Å². The predicted molar refractivity (Wildman–Crippen MR) is 77.0 cm³/mol. The van der Waals surface area contributed by atoms with Crippen LogP contribution in [0.4, 0.5) is 4.39 Å². The zero-order valence-electron chi connectivity index (χ0n) is 11.5. The van der Waals surface area contributed by atoms with E-state index >= 15 is 0 Å². The highest BCUT2D eigenvalue weighted by molar-refractivity contribution is 7.89. The van der Waals surface area contributed by atoms with E-state index in [4.69, 9.17) is 5.26 Å². The molecule has 0 saturated carbocycles. The van der Waals surface area contributed by atoms with E-state index < -0.39 is 26.6 Å². The molecule has 1 fully saturated rings. The first-order chi connectivity index (χ1) is 9.86. The van der Waals surface area contributed by atoms with Crippen molar-refractivity contribution < 1.29 is 17.0 Å². The highest BCUT2D eigenvalue weighted by Gasteiger charge is 2.31. The molecule has 0 N–H and O–H groups in total. The lowest BCUT2D eigenvalue weighted by Crippen LogP contribution is -2.39. The highest BCUT2D eigenvalue weighted by Crippen LogP contribution is 2.23. The van der Waals surface area contributed by atoms with Gasteiger partial charge in [-0.25, -0.2) is 12.8 Å². The molecular weight excluding hydrogens is 315 g/mol. The molecule has 0 unspecified atom stereocenters. The van der Waals surface area contributed by atoms with Gasteiger partial charge in [0.15, 0.2) is 0 Å². The Morgan fingerprint density at radius 2 is 2.14 bits per heavy atom. The van der Waals surface area contributed by atoms with E-state index in [1.807, 2.05) is 0 Å². The lowest BCUT2D eigenvalue weighted by atomic mass is 10.2. The Labute approximate surface area is 125 Å². The fourth-order valence-corrected chi connectivity index (χ4v) is 5.22. The number of nitriles is 1. The molecule has 21 heavy (non-hydrogen) atoms. The van der Waals surface area contributed by atoms with E-state index in [9.17, 15) is 17.0 Å². The fraction of sp³-hybridized carbons (Fsp3) is 0.462. The molecule has 2 rings (SSSR count). The molecule has 0 aromatic heterocycles. The van der Waals surface area contributed by atoms with Crippen molar-refractivity contribution in [2.24, 2.45) is 0 Å². The molecule has 2 atom stereocenters. The van der Waals surface area contributed by atoms with Gasteiger partial charge in [-0.1, -0.05) is 0 Å². The molecule has 0 radical (unpaired) electrons. The van der Waals surface area contributed by atoms with Crippen molar-refractivity contribution in [2.45, 2.75) is 24.3 Å². The second kappa shape index (κ2) is 6.22. The SMILES string of the molecule is C[C@@H]1CC[S@](=O)CCN1S(=O)(=O)c1ccc(F)c(C#N)c1. The molecular formula is C13H15FN2O3S2. The van der Waals surface area contributed by atoms with Crippen molar-refractivity contribution >= 4 is 20.8 Å². The molecule has 0 amide bonds. The third kappa shape index (κ3) is 3.31. The van der Waals surface area contributed by atoms with Crippen molar-refractivity contribution in [3.63, 3.8) is 0 Å². The summed E-state index contributed by atoms with van der Waals surface area (Å²) in [5.74, 6) is 0.0112. The topological polar surface area (TPSA) is 78.2 Å². The molecule has 1 saturated heterocycles. The summed E-state index contributed by atoms with van der Waals surface area (Å²) in [6.45, 7) is 1.92. The minimum atomic E-state index is -3.83. The highest BCUT2D eigenvalue weighted by atomic mass is 32.2. The average Bonchev–Trinajstić information content (AvgIpc) is 2.61. The lowest BCUT2D eigenvalue weighted by molar-refractivity contribution is 0.350. The molecule has 5 nitrogen and oxygen atoms in total. The van der Waals surface area contributed by atoms with Crippen molar-refractivity contribution in [2.75, 3.05) is 18.1 Å². The Hall–Kier alpha value is -1.30. The maximum Gasteiger partial charge on any atom is 0.243 e. The van der Waals surface area contributed by atoms with Gasteiger partial charge < -0.3 is 0 Å². The van der Waals surface area contributed by atoms with Crippen LogP contribution in [0.2, 0.25) is 0 Å². The summed E-state index contributed by atoms with van der Waals surface area (Å²) < 4.78 is 51.4. The van der Waals surface area contributed by atoms with Crippen LogP contribution in [0.25, 0.3) is 0 Å². The molecule has 1 aliphatic rings. The van der Waals surface area contributed by atoms with Gasteiger partial charge >= 0.3 is 0 Å². The molecule has 114 valence electrons. The molecule has 0 aliphatic carbocycles. The molecule has 0 spiro atoms. The van der Waals surface area contributed by atoms with E-state index in [0.717, 1.165) is 18.2 Å². The minimum Gasteiger partial charge on any atom is -0.260 e. The van der Waals surface area contributed by atoms with Crippen LogP contribution >= 0.6 is 0 Å². The van der Waals surface area contributed by atoms with Gasteiger partial charge in [-0.3, -0.25) is 4.21 Å². The monoisotopic (exact) mass is 330 g/mol. The van der Waals surface area contributed by atoms with Gasteiger partial charge in [-0.05, 0) is 31.5 Å². The number of rotatable bonds is 2. The standard InChI is InChI=1S/C13H15FN2O3S2/c1-10-4-6-20(17)7-5-16(10)21(18,19)12-2-3-13(14)11(8-12)9-15/h2-3,8,10H,4-7H2,1H3/t10-,20+/m1/s1. The normalized spacial score (nSPS) is 24.2. The first-order valence-corrected chi connectivity index (χ1v) is 9.35. The summed E-state index contributed by atoms with van der Waals surface area (Å²) >= 11 is 0. The summed E-state index contributed by atoms with van der Waals surface area (Å²) in [5, 5.41) is 8.81. The zero-order chi connectivity index (χ0) is 15.6. The maximum absolute atomic E-state index is 13.3. The number of sulfonamides is 1. The second-order valence-electron chi connectivity index (χ2n) is 4.85. The van der Waals surface area contributed by atoms with Crippen LogP contribution < -0.4 is 0 Å². The van der Waals surface area contributed by atoms with Crippen molar-refractivity contribution in [3.8, 4) is 6.07 Å². The third-order valence-electron chi connectivity index (χ3n) is 3.46. The van der Waals surface area contributed by atoms with Crippen LogP contribution in [0.3, 0.4) is 0 Å². The van der Waals surface area contributed by atoms with E-state index in [2.05, 4.69) is 0 Å². The lowest BCUT2D eigenvalue weighted by Gasteiger charge is -2.25. The van der Waals surface area contributed by atoms with Gasteiger partial charge in [0.25, 0.3) is 0 Å². The van der Waals surface area contributed by atoms with Gasteiger partial charge in [0.1, 0.15) is 11.9 Å². The molecule has 1 heterocycles. The average molecular weight is 330 g/mol. The number of hydrogen-bond acceptors (Lipinski definition) is 4. The molecule has 0 bridgehead atoms. The molecule has 1 aliphatic heterocycles. The van der Waals surface area contributed by atoms with Gasteiger partial charge in [-0.2, -0.15) is 9.57 Å². The molecule has 1 aromatic carbocycles. The third-order valence-corrected chi connectivity index (χ3v) is 6.80. The van der Waals surface area contributed by atoms with Crippen LogP contribution in [0.5, 0.6) is 0 Å². The maximum atomic E-state index is 13.3. The Morgan fingerprint density at radius 3 is 2.81 bits per heavy atom. The van der Waals surface area contributed by atoms with Crippen LogP contribution in [0, 0.1) is 17.1 Å². The van der Waals surface area contributed by atoms with Gasteiger partial charge in [0.2, 0.25) is 10.0 Å². The van der Waals surface area contributed by atoms with Crippen LogP contribution in [-0.2, 0) is 20.8 Å². The van der Waals surface area contributed by atoms with Crippen molar-refractivity contribution in [1.82, 2.24) is 4.31 Å². The minimum absolute atomic E-state index is 0.111. The summed E-state index contributed by atoms with van der Waals surface area (Å²) in [5.41, 5.74) is -0.304. The van der Waals surface area contributed by atoms with Gasteiger partial charge in [0, 0.05) is 34.9 Å². The number of halogens is 1. The smallest absolute Gasteiger partial charge is 0.243 e. The molecule has 1 aromatic rings. The largest absolute Gasteiger partial charge is 0.260 e. The zero-order valence-corrected chi connectivity index (χ0v) is 13.1. The van der Waals surface area contributed by atoms with E-state index in [1.165, 1.54) is 4.31 Å². The van der Waals surface area contributed by atoms with E-state index in [-0.39, 0.29) is 28.8 Å². The quantitative estimate of drug-likeness (QED) is 0.817. The first-order valence-electron chi connectivity index (χ1n) is 6.42. The van der Waals surface area contributed by atoms with Crippen LogP contribution in [0.1, 0.15) is 18.9 Å². The van der Waals surface area contributed by atoms with E-state index in [0.29, 0.717) is 12.2 Å². The fourth-order valence-electron chi connectivity index (χ4n) is 2.20.